The fraction of sp³-hybridized carbons (Fsp3) is 0. The van der Waals surface area contributed by atoms with E-state index in [9.17, 15) is 0 Å². The molecule has 0 unspecified atom stereocenters. The third-order valence-electron chi connectivity index (χ3n) is 3.71. The molecular weight excluding hydrogens is 220 g/mol. The number of rotatable bonds is 0. The summed E-state index contributed by atoms with van der Waals surface area (Å²) < 4.78 is 0. The summed E-state index contributed by atoms with van der Waals surface area (Å²) in [5.74, 6) is 0. The lowest BCUT2D eigenvalue weighted by Gasteiger charge is -2.13. The molecule has 0 fully saturated rings. The topological polar surface area (TPSA) is 52.0 Å². The Morgan fingerprint density at radius 3 is 1.72 bits per heavy atom. The number of benzene rings is 4. The van der Waals surface area contributed by atoms with Gasteiger partial charge in [0.05, 0.1) is 0 Å². The monoisotopic (exact) mass is 232 g/mol. The molecule has 0 radical (unpaired) electrons. The molecule has 4 N–H and O–H groups in total. The molecule has 0 atom stereocenters. The van der Waals surface area contributed by atoms with Gasteiger partial charge in [0.15, 0.2) is 0 Å². The number of nitrogens with two attached hydrogens (primary N) is 2. The zero-order valence-corrected chi connectivity index (χ0v) is 9.77. The zero-order chi connectivity index (χ0) is 12.3. The minimum atomic E-state index is 0.748. The molecule has 2 nitrogen and oxygen atoms in total. The normalized spacial score (nSPS) is 11.8. The van der Waals surface area contributed by atoms with E-state index in [1.807, 2.05) is 6.07 Å². The summed E-state index contributed by atoms with van der Waals surface area (Å²) in [4.78, 5) is 0. The maximum absolute atomic E-state index is 6.09. The highest BCUT2D eigenvalue weighted by Crippen LogP contribution is 2.39. The van der Waals surface area contributed by atoms with Crippen LogP contribution in [0.5, 0.6) is 0 Å². The van der Waals surface area contributed by atoms with Crippen LogP contribution in [0.1, 0.15) is 0 Å². The summed E-state index contributed by atoms with van der Waals surface area (Å²) in [6.07, 6.45) is 0. The van der Waals surface area contributed by atoms with Crippen LogP contribution in [0.2, 0.25) is 0 Å². The number of nitrogen functional groups attached to an aromatic ring is 2. The van der Waals surface area contributed by atoms with E-state index in [1.54, 1.807) is 0 Å². The third kappa shape index (κ3) is 1.02. The molecule has 0 saturated carbocycles. The van der Waals surface area contributed by atoms with Gasteiger partial charge in [-0.2, -0.15) is 0 Å². The summed E-state index contributed by atoms with van der Waals surface area (Å²) in [6, 6.07) is 16.6. The zero-order valence-electron chi connectivity index (χ0n) is 9.77. The van der Waals surface area contributed by atoms with Crippen molar-refractivity contribution in [1.29, 1.82) is 0 Å². The molecule has 0 heterocycles. The fourth-order valence-corrected chi connectivity index (χ4v) is 2.89. The van der Waals surface area contributed by atoms with Gasteiger partial charge in [0.1, 0.15) is 0 Å². The van der Waals surface area contributed by atoms with E-state index in [2.05, 4.69) is 42.5 Å². The van der Waals surface area contributed by atoms with Gasteiger partial charge in [0, 0.05) is 27.5 Å². The van der Waals surface area contributed by atoms with Crippen LogP contribution in [0, 0.1) is 0 Å². The van der Waals surface area contributed by atoms with Crippen molar-refractivity contribution in [3.05, 3.63) is 48.5 Å². The van der Waals surface area contributed by atoms with Gasteiger partial charge in [-0.15, -0.1) is 0 Å². The maximum Gasteiger partial charge on any atom is 0.0415 e. The molecule has 0 amide bonds. The number of hydrogen-bond acceptors (Lipinski definition) is 2. The molecule has 86 valence electrons. The lowest BCUT2D eigenvalue weighted by atomic mass is 9.93. The Hall–Kier alpha value is -2.48. The Morgan fingerprint density at radius 1 is 0.611 bits per heavy atom. The van der Waals surface area contributed by atoms with E-state index in [1.165, 1.54) is 21.5 Å². The van der Waals surface area contributed by atoms with Crippen molar-refractivity contribution in [3.63, 3.8) is 0 Å². The van der Waals surface area contributed by atoms with Gasteiger partial charge in [-0.1, -0.05) is 42.5 Å². The molecule has 18 heavy (non-hydrogen) atoms. The van der Waals surface area contributed by atoms with Crippen molar-refractivity contribution in [2.75, 3.05) is 11.5 Å². The highest BCUT2D eigenvalue weighted by molar-refractivity contribution is 6.27. The van der Waals surface area contributed by atoms with Crippen LogP contribution in [0.3, 0.4) is 0 Å². The summed E-state index contributed by atoms with van der Waals surface area (Å²) in [6.45, 7) is 0. The fourth-order valence-electron chi connectivity index (χ4n) is 2.89. The molecule has 0 saturated heterocycles. The first-order valence-electron chi connectivity index (χ1n) is 5.97. The number of hydrogen-bond donors (Lipinski definition) is 2. The van der Waals surface area contributed by atoms with E-state index in [0.29, 0.717) is 0 Å². The Balaban J connectivity index is 2.48. The summed E-state index contributed by atoms with van der Waals surface area (Å²) in [5.41, 5.74) is 13.7. The minimum Gasteiger partial charge on any atom is -0.398 e. The van der Waals surface area contributed by atoms with E-state index in [0.717, 1.165) is 22.1 Å². The lowest BCUT2D eigenvalue weighted by Crippen LogP contribution is -1.94. The average Bonchev–Trinajstić information content (AvgIpc) is 2.38. The Kier molecular flexibility index (Phi) is 1.61. The summed E-state index contributed by atoms with van der Waals surface area (Å²) in [5, 5.41) is 7.08. The highest BCUT2D eigenvalue weighted by atomic mass is 14.6. The van der Waals surface area contributed by atoms with Gasteiger partial charge >= 0.3 is 0 Å². The standard InChI is InChI=1S/C16H12N2/c17-13-8-14(18)12-7-5-10-3-1-2-9-4-6-11(13)16(12)15(9)10/h1-8H,17-18H2. The molecule has 0 bridgehead atoms. The predicted octanol–water partition coefficient (Wildman–Crippen LogP) is 3.75. The van der Waals surface area contributed by atoms with Gasteiger partial charge in [0.25, 0.3) is 0 Å². The second-order valence-corrected chi connectivity index (χ2v) is 4.74. The molecular formula is C16H12N2. The van der Waals surface area contributed by atoms with Crippen LogP contribution in [-0.2, 0) is 0 Å². The van der Waals surface area contributed by atoms with Crippen LogP contribution in [0.25, 0.3) is 32.3 Å². The predicted molar refractivity (Wildman–Crippen MR) is 79.0 cm³/mol. The first kappa shape index (κ1) is 9.54. The van der Waals surface area contributed by atoms with Gasteiger partial charge in [-0.05, 0) is 22.2 Å². The largest absolute Gasteiger partial charge is 0.398 e. The van der Waals surface area contributed by atoms with Crippen LogP contribution in [0.15, 0.2) is 48.5 Å². The van der Waals surface area contributed by atoms with Gasteiger partial charge < -0.3 is 11.5 Å². The maximum atomic E-state index is 6.09. The van der Waals surface area contributed by atoms with Crippen molar-refractivity contribution in [1.82, 2.24) is 0 Å². The van der Waals surface area contributed by atoms with Crippen LogP contribution < -0.4 is 11.5 Å². The minimum absolute atomic E-state index is 0.748. The molecule has 4 aromatic rings. The highest BCUT2D eigenvalue weighted by Gasteiger charge is 2.11. The smallest absolute Gasteiger partial charge is 0.0415 e. The molecule has 0 aliphatic rings. The van der Waals surface area contributed by atoms with Crippen LogP contribution in [0.4, 0.5) is 11.4 Å². The molecule has 2 heteroatoms. The quantitative estimate of drug-likeness (QED) is 0.358. The second kappa shape index (κ2) is 3.05. The van der Waals surface area contributed by atoms with E-state index >= 15 is 0 Å². The first-order chi connectivity index (χ1) is 8.75. The third-order valence-corrected chi connectivity index (χ3v) is 3.71. The van der Waals surface area contributed by atoms with Crippen molar-refractivity contribution in [2.45, 2.75) is 0 Å². The molecule has 0 aliphatic heterocycles. The SMILES string of the molecule is Nc1cc(N)c2ccc3cccc4ccc1c2c43. The van der Waals surface area contributed by atoms with Crippen molar-refractivity contribution in [2.24, 2.45) is 0 Å². The van der Waals surface area contributed by atoms with Gasteiger partial charge in [-0.3, -0.25) is 0 Å². The van der Waals surface area contributed by atoms with Crippen LogP contribution >= 0.6 is 0 Å². The Bertz CT molecular complexity index is 827. The first-order valence-corrected chi connectivity index (χ1v) is 5.97. The molecule has 4 aromatic carbocycles. The van der Waals surface area contributed by atoms with E-state index in [4.69, 9.17) is 11.5 Å². The molecule has 0 aliphatic carbocycles. The van der Waals surface area contributed by atoms with Crippen LogP contribution in [-0.4, -0.2) is 0 Å². The number of anilines is 2. The Morgan fingerprint density at radius 2 is 1.17 bits per heavy atom. The van der Waals surface area contributed by atoms with Gasteiger partial charge in [0.2, 0.25) is 0 Å². The molecule has 0 spiro atoms. The van der Waals surface area contributed by atoms with Crippen molar-refractivity contribution in [3.8, 4) is 0 Å². The molecule has 4 rings (SSSR count). The van der Waals surface area contributed by atoms with E-state index in [-0.39, 0.29) is 0 Å². The van der Waals surface area contributed by atoms with Crippen molar-refractivity contribution < 1.29 is 0 Å². The second-order valence-electron chi connectivity index (χ2n) is 4.74. The molecule has 0 aromatic heterocycles. The summed E-state index contributed by atoms with van der Waals surface area (Å²) in [7, 11) is 0. The average molecular weight is 232 g/mol. The van der Waals surface area contributed by atoms with Crippen molar-refractivity contribution >= 4 is 43.7 Å². The van der Waals surface area contributed by atoms with E-state index < -0.39 is 0 Å². The summed E-state index contributed by atoms with van der Waals surface area (Å²) >= 11 is 0. The Labute approximate surface area is 104 Å². The van der Waals surface area contributed by atoms with Gasteiger partial charge in [-0.25, -0.2) is 0 Å². The lowest BCUT2D eigenvalue weighted by molar-refractivity contribution is 1.74.